The predicted octanol–water partition coefficient (Wildman–Crippen LogP) is 4.88. The van der Waals surface area contributed by atoms with Crippen LogP contribution >= 0.6 is 0 Å². The monoisotopic (exact) mass is 473 g/mol. The zero-order chi connectivity index (χ0) is 25.0. The second-order valence-corrected chi connectivity index (χ2v) is 9.95. The fourth-order valence-corrected chi connectivity index (χ4v) is 3.84. The molecule has 0 unspecified atom stereocenters. The van der Waals surface area contributed by atoms with Gasteiger partial charge in [-0.1, -0.05) is 32.0 Å². The van der Waals surface area contributed by atoms with E-state index in [-0.39, 0.29) is 17.1 Å². The van der Waals surface area contributed by atoms with Gasteiger partial charge in [0.15, 0.2) is 0 Å². The van der Waals surface area contributed by atoms with E-state index in [4.69, 9.17) is 9.26 Å². The summed E-state index contributed by atoms with van der Waals surface area (Å²) in [6, 6.07) is 15.6. The lowest BCUT2D eigenvalue weighted by Gasteiger charge is -2.29. The van der Waals surface area contributed by atoms with Crippen LogP contribution in [-0.2, 0) is 4.74 Å². The summed E-state index contributed by atoms with van der Waals surface area (Å²) in [5.74, 6) is -0.103. The van der Waals surface area contributed by atoms with Gasteiger partial charge in [0.05, 0.1) is 24.8 Å². The zero-order valence-electron chi connectivity index (χ0n) is 20.6. The number of nitrogens with one attached hydrogen (secondary N) is 2. The molecule has 1 fully saturated rings. The number of nitrogens with zero attached hydrogens (tertiary/aromatic N) is 3. The minimum atomic E-state index is -0.283. The molecule has 182 valence electrons. The first-order valence-electron chi connectivity index (χ1n) is 11.7. The van der Waals surface area contributed by atoms with E-state index in [2.05, 4.69) is 47.5 Å². The first-order chi connectivity index (χ1) is 16.7. The standard InChI is InChI=1S/C27H31N5O3/c1-18-5-6-20(14-23(18)24-15-25(35-31-24)26(33)29-17-27(2,3)4)30-21-11-19(16-28)12-22(13-21)32-7-9-34-10-8-32/h5-6,11-15,30H,7-10,17H2,1-4H3,(H,29,33). The number of benzene rings is 2. The number of amides is 1. The van der Waals surface area contributed by atoms with Gasteiger partial charge in [0.2, 0.25) is 5.76 Å². The van der Waals surface area contributed by atoms with Crippen molar-refractivity contribution in [3.05, 3.63) is 59.4 Å². The van der Waals surface area contributed by atoms with Crippen molar-refractivity contribution >= 4 is 23.0 Å². The second kappa shape index (κ2) is 10.2. The van der Waals surface area contributed by atoms with Crippen molar-refractivity contribution in [2.45, 2.75) is 27.7 Å². The van der Waals surface area contributed by atoms with Crippen molar-refractivity contribution in [1.82, 2.24) is 10.5 Å². The van der Waals surface area contributed by atoms with Gasteiger partial charge in [-0.05, 0) is 48.2 Å². The lowest BCUT2D eigenvalue weighted by Crippen LogP contribution is -2.36. The van der Waals surface area contributed by atoms with Gasteiger partial charge in [-0.2, -0.15) is 5.26 Å². The first kappa shape index (κ1) is 24.3. The zero-order valence-corrected chi connectivity index (χ0v) is 20.6. The van der Waals surface area contributed by atoms with Crippen LogP contribution in [0.2, 0.25) is 0 Å². The number of ether oxygens (including phenoxy) is 1. The molecule has 8 nitrogen and oxygen atoms in total. The number of hydrogen-bond donors (Lipinski definition) is 2. The number of hydrogen-bond acceptors (Lipinski definition) is 7. The molecule has 8 heteroatoms. The summed E-state index contributed by atoms with van der Waals surface area (Å²) in [5.41, 5.74) is 5.67. The third kappa shape index (κ3) is 6.19. The van der Waals surface area contributed by atoms with Crippen molar-refractivity contribution in [1.29, 1.82) is 5.26 Å². The highest BCUT2D eigenvalue weighted by Gasteiger charge is 2.18. The van der Waals surface area contributed by atoms with Crippen molar-refractivity contribution in [2.75, 3.05) is 43.1 Å². The lowest BCUT2D eigenvalue weighted by molar-refractivity contribution is 0.0902. The van der Waals surface area contributed by atoms with Crippen LogP contribution in [0.5, 0.6) is 0 Å². The molecule has 0 radical (unpaired) electrons. The third-order valence-corrected chi connectivity index (χ3v) is 5.74. The van der Waals surface area contributed by atoms with Crippen molar-refractivity contribution in [2.24, 2.45) is 5.41 Å². The average molecular weight is 474 g/mol. The van der Waals surface area contributed by atoms with Gasteiger partial charge < -0.3 is 24.8 Å². The molecule has 1 aromatic heterocycles. The van der Waals surface area contributed by atoms with Crippen LogP contribution in [0.25, 0.3) is 11.3 Å². The van der Waals surface area contributed by atoms with Crippen molar-refractivity contribution < 1.29 is 14.1 Å². The average Bonchev–Trinajstić information content (AvgIpc) is 3.34. The Bertz CT molecular complexity index is 1250. The number of anilines is 3. The highest BCUT2D eigenvalue weighted by molar-refractivity contribution is 5.92. The number of aryl methyl sites for hydroxylation is 1. The highest BCUT2D eigenvalue weighted by atomic mass is 16.5. The molecule has 0 saturated carbocycles. The summed E-state index contributed by atoms with van der Waals surface area (Å²) in [7, 11) is 0. The predicted molar refractivity (Wildman–Crippen MR) is 136 cm³/mol. The Labute approximate surface area is 205 Å². The second-order valence-electron chi connectivity index (χ2n) is 9.95. The molecule has 2 aromatic carbocycles. The molecule has 0 aliphatic carbocycles. The maximum Gasteiger partial charge on any atom is 0.289 e. The Hall–Kier alpha value is -3.83. The number of aromatic nitrogens is 1. The molecule has 1 saturated heterocycles. The molecule has 0 bridgehead atoms. The van der Waals surface area contributed by atoms with E-state index in [1.165, 1.54) is 0 Å². The Morgan fingerprint density at radius 1 is 1.11 bits per heavy atom. The van der Waals surface area contributed by atoms with Crippen LogP contribution in [0.4, 0.5) is 17.1 Å². The molecular formula is C27H31N5O3. The minimum absolute atomic E-state index is 0.0282. The molecule has 0 atom stereocenters. The molecular weight excluding hydrogens is 442 g/mol. The van der Waals surface area contributed by atoms with E-state index >= 15 is 0 Å². The largest absolute Gasteiger partial charge is 0.378 e. The molecule has 1 aliphatic heterocycles. The van der Waals surface area contributed by atoms with Crippen LogP contribution in [-0.4, -0.2) is 43.9 Å². The number of rotatable bonds is 6. The van der Waals surface area contributed by atoms with E-state index in [1.807, 2.05) is 43.3 Å². The SMILES string of the molecule is Cc1ccc(Nc2cc(C#N)cc(N3CCOCC3)c2)cc1-c1cc(C(=O)NCC(C)(C)C)on1. The van der Waals surface area contributed by atoms with Crippen LogP contribution < -0.4 is 15.5 Å². The fourth-order valence-electron chi connectivity index (χ4n) is 3.84. The summed E-state index contributed by atoms with van der Waals surface area (Å²) < 4.78 is 10.8. The first-order valence-corrected chi connectivity index (χ1v) is 11.7. The molecule has 1 amide bonds. The van der Waals surface area contributed by atoms with Crippen molar-refractivity contribution in [3.63, 3.8) is 0 Å². The van der Waals surface area contributed by atoms with E-state index in [9.17, 15) is 10.1 Å². The molecule has 0 spiro atoms. The Morgan fingerprint density at radius 3 is 2.60 bits per heavy atom. The number of carbonyl (C=O) groups excluding carboxylic acids is 1. The fraction of sp³-hybridized carbons (Fsp3) is 0.370. The van der Waals surface area contributed by atoms with Crippen molar-refractivity contribution in [3.8, 4) is 17.3 Å². The maximum atomic E-state index is 12.5. The number of morpholine rings is 1. The summed E-state index contributed by atoms with van der Waals surface area (Å²) in [6.07, 6.45) is 0. The van der Waals surface area contributed by atoms with Crippen LogP contribution in [0.1, 0.15) is 42.5 Å². The quantitative estimate of drug-likeness (QED) is 0.526. The van der Waals surface area contributed by atoms with Crippen LogP contribution in [0.3, 0.4) is 0 Å². The van der Waals surface area contributed by atoms with E-state index in [0.29, 0.717) is 31.0 Å². The minimum Gasteiger partial charge on any atom is -0.378 e. The molecule has 3 aromatic rings. The molecule has 2 heterocycles. The van der Waals surface area contributed by atoms with Gasteiger partial charge in [0.25, 0.3) is 5.91 Å². The maximum absolute atomic E-state index is 12.5. The summed E-state index contributed by atoms with van der Waals surface area (Å²) in [6.45, 7) is 11.6. The third-order valence-electron chi connectivity index (χ3n) is 5.74. The van der Waals surface area contributed by atoms with E-state index in [1.54, 1.807) is 6.07 Å². The van der Waals surface area contributed by atoms with Gasteiger partial charge in [-0.3, -0.25) is 4.79 Å². The van der Waals surface area contributed by atoms with Gasteiger partial charge in [-0.25, -0.2) is 0 Å². The van der Waals surface area contributed by atoms with E-state index in [0.717, 1.165) is 41.3 Å². The Balaban J connectivity index is 1.55. The lowest BCUT2D eigenvalue weighted by atomic mass is 9.97. The van der Waals surface area contributed by atoms with Gasteiger partial charge in [0, 0.05) is 48.3 Å². The molecule has 2 N–H and O–H groups in total. The molecule has 4 rings (SSSR count). The molecule has 1 aliphatic rings. The number of carbonyl (C=O) groups is 1. The Morgan fingerprint density at radius 2 is 1.89 bits per heavy atom. The van der Waals surface area contributed by atoms with Crippen LogP contribution in [0, 0.1) is 23.7 Å². The highest BCUT2D eigenvalue weighted by Crippen LogP contribution is 2.30. The smallest absolute Gasteiger partial charge is 0.289 e. The summed E-state index contributed by atoms with van der Waals surface area (Å²) >= 11 is 0. The van der Waals surface area contributed by atoms with Crippen LogP contribution in [0.15, 0.2) is 47.0 Å². The summed E-state index contributed by atoms with van der Waals surface area (Å²) in [4.78, 5) is 14.7. The van der Waals surface area contributed by atoms with Gasteiger partial charge in [0.1, 0.15) is 5.69 Å². The normalized spacial score (nSPS) is 13.9. The molecule has 35 heavy (non-hydrogen) atoms. The van der Waals surface area contributed by atoms with E-state index < -0.39 is 0 Å². The summed E-state index contributed by atoms with van der Waals surface area (Å²) in [5, 5.41) is 20.0. The Kier molecular flexibility index (Phi) is 7.08. The van der Waals surface area contributed by atoms with Gasteiger partial charge >= 0.3 is 0 Å². The number of nitriles is 1. The topological polar surface area (TPSA) is 103 Å². The van der Waals surface area contributed by atoms with Gasteiger partial charge in [-0.15, -0.1) is 0 Å².